The molecule has 1 aliphatic heterocycles. The first-order valence-corrected chi connectivity index (χ1v) is 9.39. The fourth-order valence-corrected chi connectivity index (χ4v) is 3.53. The molecule has 3 rings (SSSR count). The van der Waals surface area contributed by atoms with Crippen molar-refractivity contribution in [2.45, 2.75) is 13.5 Å². The first kappa shape index (κ1) is 19.3. The quantitative estimate of drug-likeness (QED) is 0.671. The molecule has 0 unspecified atom stereocenters. The number of rotatable bonds is 6. The smallest absolute Gasteiger partial charge is 0.279 e. The van der Waals surface area contributed by atoms with Gasteiger partial charge >= 0.3 is 0 Å². The largest absolute Gasteiger partial charge is 0.496 e. The monoisotopic (exact) mass is 373 g/mol. The van der Waals surface area contributed by atoms with Crippen LogP contribution < -0.4 is 19.9 Å². The van der Waals surface area contributed by atoms with Crippen LogP contribution in [0.25, 0.3) is 0 Å². The lowest BCUT2D eigenvalue weighted by Crippen LogP contribution is -3.28. The Morgan fingerprint density at radius 3 is 2.41 bits per heavy atom. The Bertz CT molecular complexity index is 771. The van der Waals surface area contributed by atoms with E-state index in [2.05, 4.69) is 5.32 Å². The summed E-state index contributed by atoms with van der Waals surface area (Å²) in [6.45, 7) is 6.99. The maximum atomic E-state index is 13.5. The average molecular weight is 373 g/mol. The number of quaternary nitrogens is 2. The molecule has 144 valence electrons. The van der Waals surface area contributed by atoms with Crippen LogP contribution in [0.4, 0.5) is 10.1 Å². The summed E-state index contributed by atoms with van der Waals surface area (Å²) in [6, 6.07) is 12.5. The van der Waals surface area contributed by atoms with Crippen molar-refractivity contribution >= 4 is 11.6 Å². The number of benzene rings is 2. The number of amides is 1. The van der Waals surface area contributed by atoms with Gasteiger partial charge in [-0.1, -0.05) is 17.7 Å². The van der Waals surface area contributed by atoms with Crippen molar-refractivity contribution in [1.82, 2.24) is 0 Å². The Hall–Kier alpha value is -2.44. The predicted octanol–water partition coefficient (Wildman–Crippen LogP) is 0.0648. The normalized spacial score (nSPS) is 19.5. The highest BCUT2D eigenvalue weighted by Gasteiger charge is 2.25. The number of halogens is 1. The number of hydrogen-bond acceptors (Lipinski definition) is 2. The number of piperazine rings is 1. The van der Waals surface area contributed by atoms with Gasteiger partial charge in [0, 0.05) is 5.69 Å². The zero-order valence-electron chi connectivity index (χ0n) is 16.0. The second-order valence-corrected chi connectivity index (χ2v) is 7.22. The van der Waals surface area contributed by atoms with Crippen molar-refractivity contribution in [3.05, 3.63) is 59.4 Å². The van der Waals surface area contributed by atoms with Gasteiger partial charge in [-0.3, -0.25) is 4.79 Å². The van der Waals surface area contributed by atoms with E-state index >= 15 is 0 Å². The van der Waals surface area contributed by atoms with E-state index in [1.54, 1.807) is 19.2 Å². The van der Waals surface area contributed by atoms with E-state index in [1.165, 1.54) is 21.4 Å². The highest BCUT2D eigenvalue weighted by Crippen LogP contribution is 2.18. The van der Waals surface area contributed by atoms with E-state index in [9.17, 15) is 9.18 Å². The van der Waals surface area contributed by atoms with Gasteiger partial charge in [0.15, 0.2) is 6.54 Å². The minimum absolute atomic E-state index is 0.0455. The minimum Gasteiger partial charge on any atom is -0.496 e. The Morgan fingerprint density at radius 1 is 1.07 bits per heavy atom. The zero-order chi connectivity index (χ0) is 19.2. The van der Waals surface area contributed by atoms with Crippen molar-refractivity contribution in [3.8, 4) is 5.75 Å². The topological polar surface area (TPSA) is 47.2 Å². The molecule has 1 amide bonds. The molecule has 2 aromatic rings. The summed E-state index contributed by atoms with van der Waals surface area (Å²) in [7, 11) is 1.61. The number of hydrogen-bond donors (Lipinski definition) is 3. The maximum absolute atomic E-state index is 13.5. The maximum Gasteiger partial charge on any atom is 0.279 e. The van der Waals surface area contributed by atoms with Crippen LogP contribution in [0.2, 0.25) is 0 Å². The fraction of sp³-hybridized carbons (Fsp3) is 0.381. The van der Waals surface area contributed by atoms with E-state index in [-0.39, 0.29) is 11.7 Å². The molecule has 0 saturated carbocycles. The Morgan fingerprint density at radius 2 is 1.74 bits per heavy atom. The second kappa shape index (κ2) is 8.97. The lowest BCUT2D eigenvalue weighted by molar-refractivity contribution is -1.02. The summed E-state index contributed by atoms with van der Waals surface area (Å²) in [6.07, 6.45) is 0. The van der Waals surface area contributed by atoms with E-state index in [4.69, 9.17) is 4.74 Å². The lowest BCUT2D eigenvalue weighted by Gasteiger charge is -2.29. The van der Waals surface area contributed by atoms with Gasteiger partial charge in [-0.2, -0.15) is 0 Å². The van der Waals surface area contributed by atoms with Gasteiger partial charge in [0.25, 0.3) is 5.91 Å². The molecule has 0 bridgehead atoms. The number of anilines is 1. The van der Waals surface area contributed by atoms with Crippen molar-refractivity contribution in [1.29, 1.82) is 0 Å². The summed E-state index contributed by atoms with van der Waals surface area (Å²) in [4.78, 5) is 14.9. The number of methoxy groups -OCH3 is 1. The summed E-state index contributed by atoms with van der Waals surface area (Å²) >= 11 is 0. The van der Waals surface area contributed by atoms with E-state index < -0.39 is 0 Å². The summed E-state index contributed by atoms with van der Waals surface area (Å²) in [5.41, 5.74) is 2.91. The van der Waals surface area contributed by atoms with E-state index in [0.29, 0.717) is 6.54 Å². The molecule has 0 aliphatic carbocycles. The van der Waals surface area contributed by atoms with Crippen molar-refractivity contribution in [3.63, 3.8) is 0 Å². The van der Waals surface area contributed by atoms with Gasteiger partial charge in [-0.25, -0.2) is 4.39 Å². The molecule has 0 atom stereocenters. The molecule has 1 aliphatic rings. The third kappa shape index (κ3) is 5.52. The SMILES string of the molecule is COc1ccc(F)cc1C[NH+]1CC[NH+](CC(=O)Nc2ccc(C)cc2)CC1. The third-order valence-corrected chi connectivity index (χ3v) is 5.09. The Labute approximate surface area is 159 Å². The minimum atomic E-state index is -0.234. The number of aryl methyl sites for hydroxylation is 1. The summed E-state index contributed by atoms with van der Waals surface area (Å²) < 4.78 is 18.9. The van der Waals surface area contributed by atoms with Crippen LogP contribution in [-0.2, 0) is 11.3 Å². The number of carbonyl (C=O) groups is 1. The van der Waals surface area contributed by atoms with Crippen LogP contribution in [0.5, 0.6) is 5.75 Å². The highest BCUT2D eigenvalue weighted by molar-refractivity contribution is 5.91. The highest BCUT2D eigenvalue weighted by atomic mass is 19.1. The van der Waals surface area contributed by atoms with Crippen LogP contribution in [-0.4, -0.2) is 45.7 Å². The Balaban J connectivity index is 1.47. The molecule has 1 fully saturated rings. The fourth-order valence-electron chi connectivity index (χ4n) is 3.53. The molecule has 0 aromatic heterocycles. The van der Waals surface area contributed by atoms with Gasteiger partial charge in [0.05, 0.1) is 12.7 Å². The van der Waals surface area contributed by atoms with Crippen LogP contribution in [0.3, 0.4) is 0 Å². The molecule has 1 saturated heterocycles. The predicted molar refractivity (Wildman–Crippen MR) is 103 cm³/mol. The van der Waals surface area contributed by atoms with Crippen molar-refractivity contribution < 1.29 is 23.7 Å². The summed E-state index contributed by atoms with van der Waals surface area (Å²) in [5, 5.41) is 2.96. The molecule has 3 N–H and O–H groups in total. The van der Waals surface area contributed by atoms with E-state index in [1.807, 2.05) is 31.2 Å². The molecular weight excluding hydrogens is 345 g/mol. The molecule has 5 nitrogen and oxygen atoms in total. The number of nitrogens with one attached hydrogen (secondary N) is 3. The number of ether oxygens (including phenoxy) is 1. The second-order valence-electron chi connectivity index (χ2n) is 7.22. The third-order valence-electron chi connectivity index (χ3n) is 5.09. The Kier molecular flexibility index (Phi) is 6.42. The first-order chi connectivity index (χ1) is 13.0. The van der Waals surface area contributed by atoms with Crippen molar-refractivity contribution in [2.75, 3.05) is 45.2 Å². The van der Waals surface area contributed by atoms with Gasteiger partial charge in [-0.15, -0.1) is 0 Å². The molecule has 27 heavy (non-hydrogen) atoms. The van der Waals surface area contributed by atoms with Crippen LogP contribution in [0.15, 0.2) is 42.5 Å². The molecule has 6 heteroatoms. The van der Waals surface area contributed by atoms with Crippen molar-refractivity contribution in [2.24, 2.45) is 0 Å². The van der Waals surface area contributed by atoms with Gasteiger partial charge in [-0.05, 0) is 37.3 Å². The van der Waals surface area contributed by atoms with Gasteiger partial charge < -0.3 is 19.9 Å². The molecule has 2 aromatic carbocycles. The number of carbonyl (C=O) groups excluding carboxylic acids is 1. The zero-order valence-corrected chi connectivity index (χ0v) is 16.0. The van der Waals surface area contributed by atoms with Gasteiger partial charge in [0.2, 0.25) is 0 Å². The van der Waals surface area contributed by atoms with Crippen LogP contribution in [0.1, 0.15) is 11.1 Å². The van der Waals surface area contributed by atoms with Crippen LogP contribution >= 0.6 is 0 Å². The van der Waals surface area contributed by atoms with E-state index in [0.717, 1.165) is 49.7 Å². The standard InChI is InChI=1S/C21H26FN3O2/c1-16-3-6-19(7-4-16)23-21(26)15-25-11-9-24(10-12-25)14-17-13-18(22)5-8-20(17)27-2/h3-8,13H,9-12,14-15H2,1-2H3,(H,23,26)/p+2. The van der Waals surface area contributed by atoms with Gasteiger partial charge in [0.1, 0.15) is 44.3 Å². The first-order valence-electron chi connectivity index (χ1n) is 9.39. The molecule has 0 radical (unpaired) electrons. The van der Waals surface area contributed by atoms with Crippen LogP contribution in [0, 0.1) is 12.7 Å². The summed E-state index contributed by atoms with van der Waals surface area (Å²) in [5.74, 6) is 0.544. The molecular formula is C21H28FN3O2+2. The molecule has 1 heterocycles. The lowest BCUT2D eigenvalue weighted by atomic mass is 10.1. The average Bonchev–Trinajstić information content (AvgIpc) is 2.65. The molecule has 0 spiro atoms.